The van der Waals surface area contributed by atoms with Gasteiger partial charge < -0.3 is 4.90 Å². The van der Waals surface area contributed by atoms with Gasteiger partial charge in [-0.2, -0.15) is 0 Å². The molecule has 0 unspecified atom stereocenters. The molecule has 1 heteroatoms. The predicted molar refractivity (Wildman–Crippen MR) is 70.3 cm³/mol. The summed E-state index contributed by atoms with van der Waals surface area (Å²) in [6.07, 6.45) is 5.92. The zero-order valence-electron chi connectivity index (χ0n) is 11.8. The number of likely N-dealkylation sites (tertiary alicyclic amines) is 1. The molecule has 0 atom stereocenters. The standard InChI is InChI=1S/C10H19N.2C2H6/c1-3-9-6-10(7-9)4-5-11(2)8-10;2*1-2/h9H,3-8H2,1-2H3;2*1-2H3. The minimum atomic E-state index is 0.787. The van der Waals surface area contributed by atoms with Gasteiger partial charge in [0.05, 0.1) is 0 Å². The molecule has 1 aliphatic carbocycles. The first-order chi connectivity index (χ1) is 7.24. The molecule has 0 amide bonds. The Hall–Kier alpha value is -0.0400. The Morgan fingerprint density at radius 2 is 1.67 bits per heavy atom. The first-order valence-electron chi connectivity index (χ1n) is 6.93. The molecule has 1 aliphatic heterocycles. The van der Waals surface area contributed by atoms with Crippen LogP contribution in [0.1, 0.15) is 60.3 Å². The van der Waals surface area contributed by atoms with Crippen molar-refractivity contribution in [1.82, 2.24) is 4.90 Å². The molecule has 1 spiro atoms. The third kappa shape index (κ3) is 3.79. The zero-order chi connectivity index (χ0) is 11.9. The Morgan fingerprint density at radius 1 is 1.13 bits per heavy atom. The van der Waals surface area contributed by atoms with Gasteiger partial charge in [0, 0.05) is 6.54 Å². The van der Waals surface area contributed by atoms with Gasteiger partial charge in [0.1, 0.15) is 0 Å². The van der Waals surface area contributed by atoms with Gasteiger partial charge in [-0.3, -0.25) is 0 Å². The largest absolute Gasteiger partial charge is 0.306 e. The Labute approximate surface area is 97.2 Å². The maximum Gasteiger partial charge on any atom is 0.00356 e. The van der Waals surface area contributed by atoms with Crippen LogP contribution in [-0.2, 0) is 0 Å². The van der Waals surface area contributed by atoms with E-state index in [1.54, 1.807) is 0 Å². The van der Waals surface area contributed by atoms with Crippen LogP contribution in [0.3, 0.4) is 0 Å². The second-order valence-corrected chi connectivity index (χ2v) is 4.67. The summed E-state index contributed by atoms with van der Waals surface area (Å²) < 4.78 is 0. The molecule has 1 heterocycles. The lowest BCUT2D eigenvalue weighted by atomic mass is 9.61. The number of rotatable bonds is 1. The normalized spacial score (nSPS) is 33.6. The minimum absolute atomic E-state index is 0.787. The van der Waals surface area contributed by atoms with E-state index < -0.39 is 0 Å². The fourth-order valence-corrected chi connectivity index (χ4v) is 2.95. The van der Waals surface area contributed by atoms with Gasteiger partial charge in [0.25, 0.3) is 0 Å². The molecule has 1 saturated carbocycles. The molecule has 92 valence electrons. The van der Waals surface area contributed by atoms with Crippen molar-refractivity contribution < 1.29 is 0 Å². The van der Waals surface area contributed by atoms with Gasteiger partial charge in [-0.05, 0) is 44.2 Å². The molecule has 0 aromatic heterocycles. The highest BCUT2D eigenvalue weighted by atomic mass is 15.1. The van der Waals surface area contributed by atoms with Gasteiger partial charge in [-0.25, -0.2) is 0 Å². The Kier molecular flexibility index (Phi) is 7.25. The number of hydrogen-bond acceptors (Lipinski definition) is 1. The Morgan fingerprint density at radius 3 is 2.00 bits per heavy atom. The van der Waals surface area contributed by atoms with E-state index in [0.717, 1.165) is 11.3 Å². The third-order valence-electron chi connectivity index (χ3n) is 3.65. The van der Waals surface area contributed by atoms with Gasteiger partial charge in [-0.1, -0.05) is 41.0 Å². The van der Waals surface area contributed by atoms with Crippen LogP contribution >= 0.6 is 0 Å². The van der Waals surface area contributed by atoms with Crippen molar-refractivity contribution >= 4 is 0 Å². The molecule has 0 N–H and O–H groups in total. The highest BCUT2D eigenvalue weighted by molar-refractivity contribution is 4.98. The van der Waals surface area contributed by atoms with Gasteiger partial charge >= 0.3 is 0 Å². The smallest absolute Gasteiger partial charge is 0.00356 e. The van der Waals surface area contributed by atoms with Crippen LogP contribution in [0.4, 0.5) is 0 Å². The maximum atomic E-state index is 2.49. The molecule has 2 fully saturated rings. The summed E-state index contributed by atoms with van der Waals surface area (Å²) in [6, 6.07) is 0. The fraction of sp³-hybridized carbons (Fsp3) is 1.00. The summed E-state index contributed by atoms with van der Waals surface area (Å²) in [4.78, 5) is 2.49. The lowest BCUT2D eigenvalue weighted by Gasteiger charge is -2.45. The van der Waals surface area contributed by atoms with Crippen molar-refractivity contribution in [3.8, 4) is 0 Å². The highest BCUT2D eigenvalue weighted by Crippen LogP contribution is 2.52. The predicted octanol–water partition coefficient (Wildman–Crippen LogP) is 4.18. The van der Waals surface area contributed by atoms with Crippen molar-refractivity contribution in [2.45, 2.75) is 60.3 Å². The minimum Gasteiger partial charge on any atom is -0.306 e. The Balaban J connectivity index is 0.000000442. The molecular weight excluding hydrogens is 182 g/mol. The molecule has 0 radical (unpaired) electrons. The molecule has 1 nitrogen and oxygen atoms in total. The first-order valence-corrected chi connectivity index (χ1v) is 6.93. The van der Waals surface area contributed by atoms with Crippen molar-refractivity contribution in [3.05, 3.63) is 0 Å². The summed E-state index contributed by atoms with van der Waals surface area (Å²) in [5.41, 5.74) is 0.787. The Bertz CT molecular complexity index is 147. The maximum absolute atomic E-state index is 2.49. The van der Waals surface area contributed by atoms with E-state index in [1.165, 1.54) is 38.8 Å². The highest BCUT2D eigenvalue weighted by Gasteiger charge is 2.46. The SMILES string of the molecule is CC.CC.CCC1CC2(CCN(C)C2)C1. The van der Waals surface area contributed by atoms with Crippen molar-refractivity contribution in [3.63, 3.8) is 0 Å². The lowest BCUT2D eigenvalue weighted by molar-refractivity contribution is 0.0639. The van der Waals surface area contributed by atoms with E-state index in [-0.39, 0.29) is 0 Å². The molecule has 2 rings (SSSR count). The second kappa shape index (κ2) is 7.27. The van der Waals surface area contributed by atoms with Crippen LogP contribution in [0, 0.1) is 11.3 Å². The van der Waals surface area contributed by atoms with Crippen LogP contribution in [-0.4, -0.2) is 25.0 Å². The van der Waals surface area contributed by atoms with E-state index >= 15 is 0 Å². The average molecular weight is 213 g/mol. The molecule has 0 aromatic carbocycles. The third-order valence-corrected chi connectivity index (χ3v) is 3.65. The summed E-state index contributed by atoms with van der Waals surface area (Å²) in [5.74, 6) is 1.07. The summed E-state index contributed by atoms with van der Waals surface area (Å²) >= 11 is 0. The molecule has 0 aromatic rings. The number of nitrogens with zero attached hydrogens (tertiary/aromatic N) is 1. The monoisotopic (exact) mass is 213 g/mol. The van der Waals surface area contributed by atoms with Crippen LogP contribution in [0.15, 0.2) is 0 Å². The zero-order valence-corrected chi connectivity index (χ0v) is 11.8. The van der Waals surface area contributed by atoms with E-state index in [9.17, 15) is 0 Å². The second-order valence-electron chi connectivity index (χ2n) is 4.67. The van der Waals surface area contributed by atoms with E-state index in [2.05, 4.69) is 18.9 Å². The first kappa shape index (κ1) is 15.0. The van der Waals surface area contributed by atoms with Gasteiger partial charge in [-0.15, -0.1) is 0 Å². The lowest BCUT2D eigenvalue weighted by Crippen LogP contribution is -2.38. The van der Waals surface area contributed by atoms with E-state index in [4.69, 9.17) is 0 Å². The van der Waals surface area contributed by atoms with E-state index in [0.29, 0.717) is 0 Å². The molecule has 15 heavy (non-hydrogen) atoms. The fourth-order valence-electron chi connectivity index (χ4n) is 2.95. The molecule has 0 bridgehead atoms. The van der Waals surface area contributed by atoms with Gasteiger partial charge in [0.15, 0.2) is 0 Å². The van der Waals surface area contributed by atoms with Crippen molar-refractivity contribution in [1.29, 1.82) is 0 Å². The van der Waals surface area contributed by atoms with Crippen LogP contribution in [0.25, 0.3) is 0 Å². The molecular formula is C14H31N. The van der Waals surface area contributed by atoms with E-state index in [1.807, 2.05) is 27.7 Å². The summed E-state index contributed by atoms with van der Waals surface area (Å²) in [7, 11) is 2.26. The number of hydrogen-bond donors (Lipinski definition) is 0. The summed E-state index contributed by atoms with van der Waals surface area (Å²) in [6.45, 7) is 13.1. The molecule has 2 aliphatic rings. The van der Waals surface area contributed by atoms with Crippen molar-refractivity contribution in [2.24, 2.45) is 11.3 Å². The van der Waals surface area contributed by atoms with Crippen LogP contribution in [0.5, 0.6) is 0 Å². The quantitative estimate of drug-likeness (QED) is 0.631. The van der Waals surface area contributed by atoms with Crippen LogP contribution < -0.4 is 0 Å². The van der Waals surface area contributed by atoms with Gasteiger partial charge in [0.2, 0.25) is 0 Å². The van der Waals surface area contributed by atoms with Crippen LogP contribution in [0.2, 0.25) is 0 Å². The van der Waals surface area contributed by atoms with Crippen molar-refractivity contribution in [2.75, 3.05) is 20.1 Å². The molecule has 1 saturated heterocycles. The summed E-state index contributed by atoms with van der Waals surface area (Å²) in [5, 5.41) is 0. The average Bonchev–Trinajstić information content (AvgIpc) is 2.64. The topological polar surface area (TPSA) is 3.24 Å².